The normalized spacial score (nSPS) is 51.7. The largest absolute Gasteiger partial charge is 0.458 e. The molecule has 0 aromatic heterocycles. The first-order chi connectivity index (χ1) is 14.1. The Hall–Kier alpha value is -1.85. The standard InChI is InChI=1S/C24H30O6/c1-12(2)19(25)30-24-8-13-4-14(9-24)7-23(6-13,11-24)21(27)28-17-15-5-16-18(17)29-20(26)22(16,3)10-15/h13-18H,1,4-11H2,2-3H3. The molecule has 7 rings (SSSR count). The molecule has 7 aliphatic rings. The van der Waals surface area contributed by atoms with Crippen LogP contribution in [0, 0.1) is 34.5 Å². The van der Waals surface area contributed by atoms with Gasteiger partial charge in [-0.1, -0.05) is 6.58 Å². The number of carbonyl (C=O) groups is 3. The van der Waals surface area contributed by atoms with Gasteiger partial charge in [0, 0.05) is 23.8 Å². The third kappa shape index (κ3) is 2.34. The van der Waals surface area contributed by atoms with Crippen molar-refractivity contribution in [2.75, 3.05) is 0 Å². The number of ether oxygens (including phenoxy) is 3. The topological polar surface area (TPSA) is 78.9 Å². The Kier molecular flexibility index (Phi) is 3.58. The molecule has 7 unspecified atom stereocenters. The van der Waals surface area contributed by atoms with Crippen LogP contribution in [0.1, 0.15) is 65.2 Å². The van der Waals surface area contributed by atoms with Crippen LogP contribution in [0.3, 0.4) is 0 Å². The fourth-order valence-corrected chi connectivity index (χ4v) is 8.48. The highest BCUT2D eigenvalue weighted by molar-refractivity contribution is 5.87. The number of hydrogen-bond donors (Lipinski definition) is 0. The predicted octanol–water partition coefficient (Wildman–Crippen LogP) is 3.33. The Labute approximate surface area is 176 Å². The zero-order valence-corrected chi connectivity index (χ0v) is 17.8. The fraction of sp³-hybridized carbons (Fsp3) is 0.792. The van der Waals surface area contributed by atoms with E-state index in [9.17, 15) is 14.4 Å². The summed E-state index contributed by atoms with van der Waals surface area (Å²) in [4.78, 5) is 38.3. The summed E-state index contributed by atoms with van der Waals surface area (Å²) in [7, 11) is 0. The lowest BCUT2D eigenvalue weighted by Crippen LogP contribution is -2.60. The lowest BCUT2D eigenvalue weighted by atomic mass is 9.48. The molecule has 6 bridgehead atoms. The molecule has 0 radical (unpaired) electrons. The number of rotatable bonds is 4. The van der Waals surface area contributed by atoms with Gasteiger partial charge < -0.3 is 14.2 Å². The summed E-state index contributed by atoms with van der Waals surface area (Å²) in [5.74, 6) is 0.532. The summed E-state index contributed by atoms with van der Waals surface area (Å²) in [5, 5.41) is 0. The first kappa shape index (κ1) is 18.9. The van der Waals surface area contributed by atoms with Crippen molar-refractivity contribution >= 4 is 17.9 Å². The average molecular weight is 414 g/mol. The molecule has 0 aromatic rings. The molecular formula is C24H30O6. The van der Waals surface area contributed by atoms with Gasteiger partial charge in [0.15, 0.2) is 0 Å². The number of esters is 3. The highest BCUT2D eigenvalue weighted by atomic mass is 16.6. The van der Waals surface area contributed by atoms with E-state index in [1.807, 2.05) is 6.92 Å². The molecule has 7 fully saturated rings. The van der Waals surface area contributed by atoms with Crippen molar-refractivity contribution in [3.63, 3.8) is 0 Å². The van der Waals surface area contributed by atoms with Gasteiger partial charge in [-0.3, -0.25) is 9.59 Å². The van der Waals surface area contributed by atoms with Crippen LogP contribution < -0.4 is 0 Å². The van der Waals surface area contributed by atoms with Gasteiger partial charge in [0.25, 0.3) is 0 Å². The van der Waals surface area contributed by atoms with Crippen molar-refractivity contribution in [3.05, 3.63) is 12.2 Å². The van der Waals surface area contributed by atoms with Gasteiger partial charge in [-0.15, -0.1) is 0 Å². The van der Waals surface area contributed by atoms with Crippen LogP contribution in [0.25, 0.3) is 0 Å². The van der Waals surface area contributed by atoms with E-state index >= 15 is 0 Å². The van der Waals surface area contributed by atoms with E-state index in [-0.39, 0.29) is 47.4 Å². The molecule has 6 saturated carbocycles. The first-order valence-corrected chi connectivity index (χ1v) is 11.4. The smallest absolute Gasteiger partial charge is 0.333 e. The molecule has 1 aliphatic heterocycles. The summed E-state index contributed by atoms with van der Waals surface area (Å²) < 4.78 is 17.8. The molecule has 0 spiro atoms. The lowest BCUT2D eigenvalue weighted by molar-refractivity contribution is -0.216. The molecule has 1 saturated heterocycles. The highest BCUT2D eigenvalue weighted by Gasteiger charge is 2.70. The minimum Gasteiger partial charge on any atom is -0.458 e. The molecular weight excluding hydrogens is 384 g/mol. The zero-order valence-electron chi connectivity index (χ0n) is 17.8. The van der Waals surface area contributed by atoms with Crippen molar-refractivity contribution < 1.29 is 28.6 Å². The van der Waals surface area contributed by atoms with E-state index in [2.05, 4.69) is 6.58 Å². The second-order valence-corrected chi connectivity index (χ2v) is 11.6. The lowest BCUT2D eigenvalue weighted by Gasteiger charge is -2.60. The van der Waals surface area contributed by atoms with Crippen LogP contribution in [0.15, 0.2) is 12.2 Å². The van der Waals surface area contributed by atoms with Gasteiger partial charge in [-0.2, -0.15) is 0 Å². The summed E-state index contributed by atoms with van der Waals surface area (Å²) >= 11 is 0. The molecule has 0 aromatic carbocycles. The quantitative estimate of drug-likeness (QED) is 0.399. The van der Waals surface area contributed by atoms with E-state index in [0.717, 1.165) is 44.9 Å². The predicted molar refractivity (Wildman–Crippen MR) is 105 cm³/mol. The van der Waals surface area contributed by atoms with Crippen molar-refractivity contribution in [2.45, 2.75) is 83.0 Å². The zero-order chi connectivity index (χ0) is 21.1. The second kappa shape index (κ2) is 5.68. The van der Waals surface area contributed by atoms with Crippen LogP contribution in [-0.2, 0) is 28.6 Å². The molecule has 0 amide bonds. The van der Waals surface area contributed by atoms with Crippen molar-refractivity contribution in [2.24, 2.45) is 34.5 Å². The number of hydrogen-bond acceptors (Lipinski definition) is 6. The summed E-state index contributed by atoms with van der Waals surface area (Å²) in [6.45, 7) is 7.38. The Bertz CT molecular complexity index is 861. The number of fused-ring (bicyclic) bond motifs is 1. The van der Waals surface area contributed by atoms with Gasteiger partial charge in [0.05, 0.1) is 10.8 Å². The molecule has 6 heteroatoms. The van der Waals surface area contributed by atoms with Gasteiger partial charge in [0.2, 0.25) is 0 Å². The number of carbonyl (C=O) groups excluding carboxylic acids is 3. The molecule has 1 heterocycles. The summed E-state index contributed by atoms with van der Waals surface area (Å²) in [6.07, 6.45) is 6.02. The van der Waals surface area contributed by atoms with Gasteiger partial charge in [-0.05, 0) is 70.6 Å². The maximum atomic E-state index is 13.6. The second-order valence-electron chi connectivity index (χ2n) is 11.6. The van der Waals surface area contributed by atoms with E-state index in [1.54, 1.807) is 6.92 Å². The maximum absolute atomic E-state index is 13.6. The maximum Gasteiger partial charge on any atom is 0.333 e. The minimum atomic E-state index is -0.576. The Morgan fingerprint density at radius 2 is 1.80 bits per heavy atom. The first-order valence-electron chi connectivity index (χ1n) is 11.4. The van der Waals surface area contributed by atoms with Crippen molar-refractivity contribution in [1.29, 1.82) is 0 Å². The van der Waals surface area contributed by atoms with Crippen LogP contribution in [-0.4, -0.2) is 35.7 Å². The monoisotopic (exact) mass is 414 g/mol. The third-order valence-electron chi connectivity index (χ3n) is 9.30. The molecule has 30 heavy (non-hydrogen) atoms. The molecule has 6 aliphatic carbocycles. The molecule has 7 atom stereocenters. The van der Waals surface area contributed by atoms with E-state index in [0.29, 0.717) is 23.8 Å². The molecule has 162 valence electrons. The fourth-order valence-electron chi connectivity index (χ4n) is 8.48. The van der Waals surface area contributed by atoms with E-state index < -0.39 is 11.0 Å². The Morgan fingerprint density at radius 3 is 2.47 bits per heavy atom. The van der Waals surface area contributed by atoms with Crippen molar-refractivity contribution in [1.82, 2.24) is 0 Å². The van der Waals surface area contributed by atoms with Crippen molar-refractivity contribution in [3.8, 4) is 0 Å². The van der Waals surface area contributed by atoms with Crippen LogP contribution >= 0.6 is 0 Å². The van der Waals surface area contributed by atoms with Crippen LogP contribution in [0.5, 0.6) is 0 Å². The third-order valence-corrected chi connectivity index (χ3v) is 9.30. The Morgan fingerprint density at radius 1 is 1.10 bits per heavy atom. The average Bonchev–Trinajstić information content (AvgIpc) is 3.21. The van der Waals surface area contributed by atoms with Crippen LogP contribution in [0.2, 0.25) is 0 Å². The van der Waals surface area contributed by atoms with Gasteiger partial charge >= 0.3 is 17.9 Å². The van der Waals surface area contributed by atoms with Crippen LogP contribution in [0.4, 0.5) is 0 Å². The molecule has 0 N–H and O–H groups in total. The molecule has 6 nitrogen and oxygen atoms in total. The van der Waals surface area contributed by atoms with Gasteiger partial charge in [-0.25, -0.2) is 4.79 Å². The minimum absolute atomic E-state index is 0.126. The SMILES string of the molecule is C=C(C)C(=O)OC12CC3CC(C1)CC(C(=O)OC1C4CC5C1OC(=O)C5(C)C4)(C3)C2. The summed E-state index contributed by atoms with van der Waals surface area (Å²) in [6, 6.07) is 0. The van der Waals surface area contributed by atoms with E-state index in [1.165, 1.54) is 0 Å². The highest BCUT2D eigenvalue weighted by Crippen LogP contribution is 2.65. The van der Waals surface area contributed by atoms with Gasteiger partial charge in [0.1, 0.15) is 17.8 Å². The van der Waals surface area contributed by atoms with E-state index in [4.69, 9.17) is 14.2 Å². The summed E-state index contributed by atoms with van der Waals surface area (Å²) in [5.41, 5.74) is -1.13. The Balaban J connectivity index is 1.24.